The lowest BCUT2D eigenvalue weighted by Crippen LogP contribution is -2.46. The van der Waals surface area contributed by atoms with Gasteiger partial charge in [-0.05, 0) is 29.7 Å². The normalized spacial score (nSPS) is 18.2. The van der Waals surface area contributed by atoms with Gasteiger partial charge in [0, 0.05) is 25.6 Å². The molecule has 0 spiro atoms. The lowest BCUT2D eigenvalue weighted by molar-refractivity contribution is -0.138. The number of aliphatic hydroxyl groups excluding tert-OH is 1. The van der Waals surface area contributed by atoms with Crippen molar-refractivity contribution in [1.82, 2.24) is 15.4 Å². The molecule has 2 N–H and O–H groups in total. The van der Waals surface area contributed by atoms with Gasteiger partial charge in [-0.2, -0.15) is 0 Å². The molecule has 31 heavy (non-hydrogen) atoms. The Morgan fingerprint density at radius 3 is 2.65 bits per heavy atom. The van der Waals surface area contributed by atoms with Crippen LogP contribution >= 0.6 is 0 Å². The molecule has 160 valence electrons. The van der Waals surface area contributed by atoms with E-state index in [0.717, 1.165) is 16.7 Å². The second kappa shape index (κ2) is 9.14. The zero-order valence-electron chi connectivity index (χ0n) is 17.3. The van der Waals surface area contributed by atoms with Gasteiger partial charge in [-0.25, -0.2) is 0 Å². The second-order valence-corrected chi connectivity index (χ2v) is 7.85. The summed E-state index contributed by atoms with van der Waals surface area (Å²) in [4.78, 5) is 27.0. The van der Waals surface area contributed by atoms with Crippen LogP contribution in [0.5, 0.6) is 0 Å². The minimum absolute atomic E-state index is 0.0104. The van der Waals surface area contributed by atoms with E-state index in [1.807, 2.05) is 54.6 Å². The number of hydrogen-bond acceptors (Lipinski definition) is 5. The zero-order chi connectivity index (χ0) is 21.8. The van der Waals surface area contributed by atoms with Crippen LogP contribution in [0.3, 0.4) is 0 Å². The van der Waals surface area contributed by atoms with E-state index in [1.165, 1.54) is 4.90 Å². The molecule has 0 unspecified atom stereocenters. The van der Waals surface area contributed by atoms with E-state index in [1.54, 1.807) is 13.0 Å². The van der Waals surface area contributed by atoms with Crippen LogP contribution in [0.4, 0.5) is 0 Å². The van der Waals surface area contributed by atoms with E-state index in [4.69, 9.17) is 4.52 Å². The van der Waals surface area contributed by atoms with Crippen LogP contribution in [0, 0.1) is 6.92 Å². The first-order chi connectivity index (χ1) is 15.0. The Morgan fingerprint density at radius 1 is 1.13 bits per heavy atom. The Kier molecular flexibility index (Phi) is 6.13. The van der Waals surface area contributed by atoms with Crippen LogP contribution in [0.25, 0.3) is 11.1 Å². The van der Waals surface area contributed by atoms with Gasteiger partial charge in [-0.1, -0.05) is 53.7 Å². The number of aliphatic hydroxyl groups is 1. The molecule has 0 radical (unpaired) electrons. The van der Waals surface area contributed by atoms with Crippen molar-refractivity contribution in [2.75, 3.05) is 6.54 Å². The van der Waals surface area contributed by atoms with E-state index >= 15 is 0 Å². The van der Waals surface area contributed by atoms with Crippen molar-refractivity contribution < 1.29 is 19.2 Å². The third-order valence-electron chi connectivity index (χ3n) is 5.41. The molecule has 1 aromatic heterocycles. The molecule has 4 rings (SSSR count). The summed E-state index contributed by atoms with van der Waals surface area (Å²) >= 11 is 0. The van der Waals surface area contributed by atoms with Gasteiger partial charge in [0.2, 0.25) is 11.8 Å². The number of aromatic nitrogens is 1. The molecular formula is C24H25N3O4. The Labute approximate surface area is 180 Å². The maximum Gasteiger partial charge on any atom is 0.243 e. The van der Waals surface area contributed by atoms with Gasteiger partial charge < -0.3 is 19.8 Å². The van der Waals surface area contributed by atoms with Crippen molar-refractivity contribution in [3.63, 3.8) is 0 Å². The first-order valence-electron chi connectivity index (χ1n) is 10.3. The summed E-state index contributed by atoms with van der Waals surface area (Å²) < 4.78 is 5.11. The fourth-order valence-corrected chi connectivity index (χ4v) is 3.89. The Bertz CT molecular complexity index is 1060. The van der Waals surface area contributed by atoms with E-state index in [9.17, 15) is 14.7 Å². The second-order valence-electron chi connectivity index (χ2n) is 7.85. The zero-order valence-corrected chi connectivity index (χ0v) is 17.3. The van der Waals surface area contributed by atoms with Crippen LogP contribution in [-0.2, 0) is 22.6 Å². The van der Waals surface area contributed by atoms with Crippen molar-refractivity contribution in [2.24, 2.45) is 0 Å². The van der Waals surface area contributed by atoms with Crippen LogP contribution < -0.4 is 5.32 Å². The van der Waals surface area contributed by atoms with Crippen LogP contribution in [0.15, 0.2) is 65.2 Å². The fraction of sp³-hybridized carbons (Fsp3) is 0.292. The van der Waals surface area contributed by atoms with Crippen LogP contribution in [-0.4, -0.2) is 45.7 Å². The predicted octanol–water partition coefficient (Wildman–Crippen LogP) is 2.47. The number of β-amino-alcohol motifs (C(OH)–C–C–N with tert-alkyl or cyclic N) is 1. The average Bonchev–Trinajstić information content (AvgIpc) is 3.38. The number of likely N-dealkylation sites (tertiary alicyclic amines) is 1. The van der Waals surface area contributed by atoms with E-state index in [-0.39, 0.29) is 31.2 Å². The highest BCUT2D eigenvalue weighted by Gasteiger charge is 2.38. The summed E-state index contributed by atoms with van der Waals surface area (Å²) in [6, 6.07) is 19.0. The van der Waals surface area contributed by atoms with Crippen molar-refractivity contribution in [3.05, 3.63) is 77.7 Å². The molecule has 7 nitrogen and oxygen atoms in total. The molecular weight excluding hydrogens is 394 g/mol. The molecule has 2 atom stereocenters. The largest absolute Gasteiger partial charge is 0.391 e. The SMILES string of the molecule is Cc1cc(CC(=O)N2C[C@H](O)C[C@H]2C(=O)NCc2cccc(-c3ccccc3)c2)on1. The highest BCUT2D eigenvalue weighted by Crippen LogP contribution is 2.22. The van der Waals surface area contributed by atoms with E-state index in [0.29, 0.717) is 18.0 Å². The quantitative estimate of drug-likeness (QED) is 0.640. The fourth-order valence-electron chi connectivity index (χ4n) is 3.89. The minimum atomic E-state index is -0.724. The number of rotatable bonds is 6. The van der Waals surface area contributed by atoms with Gasteiger partial charge in [0.05, 0.1) is 18.2 Å². The molecule has 2 heterocycles. The Hall–Kier alpha value is -3.45. The van der Waals surface area contributed by atoms with E-state index < -0.39 is 12.1 Å². The molecule has 0 bridgehead atoms. The molecule has 1 saturated heterocycles. The van der Waals surface area contributed by atoms with Gasteiger partial charge in [-0.3, -0.25) is 9.59 Å². The maximum atomic E-state index is 12.8. The highest BCUT2D eigenvalue weighted by atomic mass is 16.5. The standard InChI is InChI=1S/C24H25N3O4/c1-16-10-21(31-26-16)13-23(29)27-15-20(28)12-22(27)24(30)25-14-17-6-5-9-19(11-17)18-7-3-2-4-8-18/h2-11,20,22,28H,12-15H2,1H3,(H,25,30)/t20-,22+/m1/s1. The van der Waals surface area contributed by atoms with Crippen molar-refractivity contribution in [1.29, 1.82) is 0 Å². The third kappa shape index (κ3) is 5.00. The maximum absolute atomic E-state index is 12.8. The highest BCUT2D eigenvalue weighted by molar-refractivity contribution is 5.89. The topological polar surface area (TPSA) is 95.7 Å². The summed E-state index contributed by atoms with van der Waals surface area (Å²) in [6.07, 6.45) is -0.495. The number of amides is 2. The summed E-state index contributed by atoms with van der Waals surface area (Å²) in [5, 5.41) is 16.8. The van der Waals surface area contributed by atoms with Crippen LogP contribution in [0.2, 0.25) is 0 Å². The monoisotopic (exact) mass is 419 g/mol. The molecule has 2 aromatic carbocycles. The number of carbonyl (C=O) groups is 2. The van der Waals surface area contributed by atoms with Gasteiger partial charge in [0.1, 0.15) is 11.8 Å². The van der Waals surface area contributed by atoms with Crippen LogP contribution in [0.1, 0.15) is 23.4 Å². The predicted molar refractivity (Wildman–Crippen MR) is 115 cm³/mol. The minimum Gasteiger partial charge on any atom is -0.391 e. The molecule has 1 aliphatic heterocycles. The molecule has 1 fully saturated rings. The first kappa shape index (κ1) is 20.8. The number of carbonyl (C=O) groups excluding carboxylic acids is 2. The molecule has 1 aliphatic rings. The van der Waals surface area contributed by atoms with Crippen molar-refractivity contribution >= 4 is 11.8 Å². The number of aryl methyl sites for hydroxylation is 1. The summed E-state index contributed by atoms with van der Waals surface area (Å²) in [6.45, 7) is 2.25. The molecule has 2 amide bonds. The molecule has 3 aromatic rings. The summed E-state index contributed by atoms with van der Waals surface area (Å²) in [5.41, 5.74) is 3.83. The van der Waals surface area contributed by atoms with Crippen molar-refractivity contribution in [3.8, 4) is 11.1 Å². The van der Waals surface area contributed by atoms with Gasteiger partial charge in [-0.15, -0.1) is 0 Å². The number of hydrogen-bond donors (Lipinski definition) is 2. The Morgan fingerprint density at radius 2 is 1.90 bits per heavy atom. The lowest BCUT2D eigenvalue weighted by Gasteiger charge is -2.23. The van der Waals surface area contributed by atoms with Gasteiger partial charge in [0.25, 0.3) is 0 Å². The van der Waals surface area contributed by atoms with Gasteiger partial charge >= 0.3 is 0 Å². The average molecular weight is 419 g/mol. The summed E-state index contributed by atoms with van der Waals surface area (Å²) in [7, 11) is 0. The molecule has 0 aliphatic carbocycles. The van der Waals surface area contributed by atoms with E-state index in [2.05, 4.69) is 10.5 Å². The number of benzene rings is 2. The van der Waals surface area contributed by atoms with Gasteiger partial charge in [0.15, 0.2) is 0 Å². The first-order valence-corrected chi connectivity index (χ1v) is 10.3. The number of nitrogens with zero attached hydrogens (tertiary/aromatic N) is 2. The number of nitrogens with one attached hydrogen (secondary N) is 1. The molecule has 7 heteroatoms. The molecule has 0 saturated carbocycles. The van der Waals surface area contributed by atoms with Crippen molar-refractivity contribution in [2.45, 2.75) is 38.5 Å². The third-order valence-corrected chi connectivity index (χ3v) is 5.41. The summed E-state index contributed by atoms with van der Waals surface area (Å²) in [5.74, 6) is -0.0940. The lowest BCUT2D eigenvalue weighted by atomic mass is 10.0. The Balaban J connectivity index is 1.39. The smallest absolute Gasteiger partial charge is 0.243 e.